The standard InChI is InChI=1S/C10H9Cl3FIN2O/c1-17(8(15)10(11,12)13)9(18)16-7-5-3-2-4-6(7)14/h2-5,8H,1H3,(H,16,18). The van der Waals surface area contributed by atoms with Crippen molar-refractivity contribution in [2.45, 2.75) is 7.84 Å². The summed E-state index contributed by atoms with van der Waals surface area (Å²) in [4.78, 5) is 13.0. The first-order valence-electron chi connectivity index (χ1n) is 4.72. The van der Waals surface area contributed by atoms with Gasteiger partial charge in [-0.15, -0.1) is 0 Å². The van der Waals surface area contributed by atoms with Crippen molar-refractivity contribution in [3.63, 3.8) is 0 Å². The van der Waals surface area contributed by atoms with Crippen LogP contribution in [0.25, 0.3) is 0 Å². The number of carbonyl (C=O) groups excluding carboxylic acids is 1. The Kier molecular flexibility index (Phi) is 5.76. The second kappa shape index (κ2) is 6.45. The summed E-state index contributed by atoms with van der Waals surface area (Å²) in [5.41, 5.74) is 0.0715. The molecule has 8 heteroatoms. The van der Waals surface area contributed by atoms with E-state index >= 15 is 0 Å². The normalized spacial score (nSPS) is 13.0. The van der Waals surface area contributed by atoms with E-state index in [1.54, 1.807) is 6.07 Å². The number of anilines is 1. The Morgan fingerprint density at radius 1 is 1.44 bits per heavy atom. The number of rotatable bonds is 2. The zero-order chi connectivity index (χ0) is 13.9. The third kappa shape index (κ3) is 4.29. The molecule has 0 saturated carbocycles. The van der Waals surface area contributed by atoms with E-state index in [-0.39, 0.29) is 5.69 Å². The molecule has 18 heavy (non-hydrogen) atoms. The van der Waals surface area contributed by atoms with Gasteiger partial charge in [-0.05, 0) is 12.1 Å². The molecule has 0 fully saturated rings. The highest BCUT2D eigenvalue weighted by molar-refractivity contribution is 14.1. The number of benzene rings is 1. The van der Waals surface area contributed by atoms with Gasteiger partial charge in [0.2, 0.25) is 3.79 Å². The van der Waals surface area contributed by atoms with Crippen LogP contribution in [-0.2, 0) is 0 Å². The van der Waals surface area contributed by atoms with Crippen LogP contribution in [0.5, 0.6) is 0 Å². The number of halogens is 5. The highest BCUT2D eigenvalue weighted by Gasteiger charge is 2.35. The van der Waals surface area contributed by atoms with Crippen molar-refractivity contribution in [3.05, 3.63) is 30.1 Å². The van der Waals surface area contributed by atoms with E-state index in [0.717, 1.165) is 0 Å². The molecule has 0 saturated heterocycles. The number of hydrogen-bond acceptors (Lipinski definition) is 1. The smallest absolute Gasteiger partial charge is 0.311 e. The van der Waals surface area contributed by atoms with Crippen molar-refractivity contribution in [1.82, 2.24) is 4.90 Å². The molecule has 1 atom stereocenters. The van der Waals surface area contributed by atoms with Gasteiger partial charge in [-0.2, -0.15) is 0 Å². The molecule has 2 amide bonds. The summed E-state index contributed by atoms with van der Waals surface area (Å²) < 4.78 is 11.0. The van der Waals surface area contributed by atoms with Gasteiger partial charge in [0.25, 0.3) is 0 Å². The Labute approximate surface area is 133 Å². The summed E-state index contributed by atoms with van der Waals surface area (Å²) in [6.07, 6.45) is 0. The topological polar surface area (TPSA) is 32.3 Å². The third-order valence-corrected chi connectivity index (χ3v) is 5.54. The van der Waals surface area contributed by atoms with Gasteiger partial charge in [-0.3, -0.25) is 0 Å². The van der Waals surface area contributed by atoms with E-state index in [9.17, 15) is 9.18 Å². The molecule has 1 N–H and O–H groups in total. The fourth-order valence-electron chi connectivity index (χ4n) is 1.09. The van der Waals surface area contributed by atoms with Crippen LogP contribution in [0.2, 0.25) is 0 Å². The molecule has 1 unspecified atom stereocenters. The van der Waals surface area contributed by atoms with Gasteiger partial charge >= 0.3 is 6.03 Å². The maximum atomic E-state index is 13.3. The Morgan fingerprint density at radius 2 is 2.00 bits per heavy atom. The van der Waals surface area contributed by atoms with E-state index in [0.29, 0.717) is 0 Å². The molecule has 0 aliphatic heterocycles. The minimum absolute atomic E-state index is 0.0715. The molecule has 1 aromatic carbocycles. The maximum absolute atomic E-state index is 13.3. The largest absolute Gasteiger partial charge is 0.322 e. The maximum Gasteiger partial charge on any atom is 0.322 e. The number of alkyl halides is 4. The molecule has 1 rings (SSSR count). The number of urea groups is 1. The lowest BCUT2D eigenvalue weighted by Crippen LogP contribution is -2.43. The molecule has 0 bridgehead atoms. The Morgan fingerprint density at radius 3 is 2.50 bits per heavy atom. The molecule has 100 valence electrons. The monoisotopic (exact) mass is 424 g/mol. The number of hydrogen-bond donors (Lipinski definition) is 1. The van der Waals surface area contributed by atoms with Crippen LogP contribution < -0.4 is 5.32 Å². The van der Waals surface area contributed by atoms with Crippen molar-refractivity contribution < 1.29 is 9.18 Å². The summed E-state index contributed by atoms with van der Waals surface area (Å²) >= 11 is 18.9. The second-order valence-electron chi connectivity index (χ2n) is 3.40. The summed E-state index contributed by atoms with van der Waals surface area (Å²) in [5.74, 6) is -0.529. The lowest BCUT2D eigenvalue weighted by atomic mass is 10.3. The SMILES string of the molecule is CN(C(=O)Nc1ccccc1F)C(I)C(Cl)(Cl)Cl. The van der Waals surface area contributed by atoms with E-state index in [2.05, 4.69) is 5.32 Å². The number of amides is 2. The number of nitrogens with one attached hydrogen (secondary N) is 1. The Hall–Kier alpha value is 0.0200. The fourth-order valence-corrected chi connectivity index (χ4v) is 1.78. The predicted octanol–water partition coefficient (Wildman–Crippen LogP) is 4.42. The van der Waals surface area contributed by atoms with Gasteiger partial charge in [0.05, 0.1) is 5.69 Å². The number of carbonyl (C=O) groups is 1. The van der Waals surface area contributed by atoms with Crippen molar-refractivity contribution in [2.24, 2.45) is 0 Å². The Bertz CT molecular complexity index is 441. The highest BCUT2D eigenvalue weighted by Crippen LogP contribution is 2.36. The first kappa shape index (κ1) is 16.1. The highest BCUT2D eigenvalue weighted by atomic mass is 127. The fraction of sp³-hybridized carbons (Fsp3) is 0.300. The van der Waals surface area contributed by atoms with Crippen molar-refractivity contribution >= 4 is 69.1 Å². The number of nitrogens with zero attached hydrogens (tertiary/aromatic N) is 1. The molecule has 0 aromatic heterocycles. The van der Waals surface area contributed by atoms with Crippen molar-refractivity contribution in [3.8, 4) is 0 Å². The summed E-state index contributed by atoms with van der Waals surface area (Å²) in [6, 6.07) is 5.25. The summed E-state index contributed by atoms with van der Waals surface area (Å²) in [5, 5.41) is 2.39. The Balaban J connectivity index is 2.75. The second-order valence-corrected chi connectivity index (χ2v) is 6.95. The van der Waals surface area contributed by atoms with Crippen molar-refractivity contribution in [2.75, 3.05) is 12.4 Å². The minimum atomic E-state index is -1.62. The van der Waals surface area contributed by atoms with Gasteiger partial charge < -0.3 is 10.2 Å². The molecule has 0 radical (unpaired) electrons. The van der Waals surface area contributed by atoms with Crippen LogP contribution in [0.1, 0.15) is 0 Å². The van der Waals surface area contributed by atoms with Crippen LogP contribution in [0.4, 0.5) is 14.9 Å². The lowest BCUT2D eigenvalue weighted by molar-refractivity contribution is 0.221. The van der Waals surface area contributed by atoms with Crippen LogP contribution in [0.3, 0.4) is 0 Å². The average molecular weight is 425 g/mol. The van der Waals surface area contributed by atoms with Crippen molar-refractivity contribution in [1.29, 1.82) is 0 Å². The zero-order valence-electron chi connectivity index (χ0n) is 9.13. The van der Waals surface area contributed by atoms with Crippen LogP contribution in [0.15, 0.2) is 24.3 Å². The molecular weight excluding hydrogens is 416 g/mol. The first-order chi connectivity index (χ1) is 8.23. The van der Waals surface area contributed by atoms with Gasteiger partial charge in [0, 0.05) is 7.05 Å². The molecule has 0 heterocycles. The minimum Gasteiger partial charge on any atom is -0.311 e. The third-order valence-electron chi connectivity index (χ3n) is 2.05. The number of para-hydroxylation sites is 1. The molecule has 1 aromatic rings. The van der Waals surface area contributed by atoms with Gasteiger partial charge in [-0.1, -0.05) is 69.5 Å². The van der Waals surface area contributed by atoms with Gasteiger partial charge in [0.1, 0.15) is 9.87 Å². The lowest BCUT2D eigenvalue weighted by Gasteiger charge is -2.28. The molecule has 0 aliphatic carbocycles. The van der Waals surface area contributed by atoms with Crippen LogP contribution >= 0.6 is 57.4 Å². The van der Waals surface area contributed by atoms with Crippen LogP contribution in [-0.4, -0.2) is 25.8 Å². The predicted molar refractivity (Wildman–Crippen MR) is 81.3 cm³/mol. The molecule has 0 spiro atoms. The molecule has 3 nitrogen and oxygen atoms in total. The van der Waals surface area contributed by atoms with E-state index < -0.39 is 19.7 Å². The van der Waals surface area contributed by atoms with E-state index in [1.165, 1.54) is 30.1 Å². The van der Waals surface area contributed by atoms with Crippen LogP contribution in [0, 0.1) is 5.82 Å². The van der Waals surface area contributed by atoms with E-state index in [4.69, 9.17) is 34.8 Å². The van der Waals surface area contributed by atoms with E-state index in [1.807, 2.05) is 22.6 Å². The zero-order valence-corrected chi connectivity index (χ0v) is 13.6. The first-order valence-corrected chi connectivity index (χ1v) is 7.10. The summed E-state index contributed by atoms with van der Waals surface area (Å²) in [7, 11) is 1.45. The van der Waals surface area contributed by atoms with Gasteiger partial charge in [-0.25, -0.2) is 9.18 Å². The average Bonchev–Trinajstić information content (AvgIpc) is 2.29. The molecular formula is C10H9Cl3FIN2O. The van der Waals surface area contributed by atoms with Gasteiger partial charge in [0.15, 0.2) is 0 Å². The quantitative estimate of drug-likeness (QED) is 0.425. The molecule has 0 aliphatic rings. The summed E-state index contributed by atoms with van der Waals surface area (Å²) in [6.45, 7) is 0.